The first-order chi connectivity index (χ1) is 5.00. The molecule has 0 aliphatic heterocycles. The minimum absolute atomic E-state index is 0.0168. The molecule has 0 heterocycles. The molecule has 0 bridgehead atoms. The predicted molar refractivity (Wildman–Crippen MR) is 40.5 cm³/mol. The molecule has 0 unspecified atom stereocenters. The van der Waals surface area contributed by atoms with Crippen LogP contribution in [0, 0.1) is 13.0 Å². The number of hydrogen-bond acceptors (Lipinski definition) is 1. The van der Waals surface area contributed by atoms with Crippen molar-refractivity contribution in [2.75, 3.05) is 0 Å². The summed E-state index contributed by atoms with van der Waals surface area (Å²) in [6.45, 7) is 1.78. The van der Waals surface area contributed by atoms with Crippen LogP contribution in [0.5, 0.6) is 0 Å². The van der Waals surface area contributed by atoms with Gasteiger partial charge in [0.15, 0.2) is 0 Å². The Morgan fingerprint density at radius 1 is 1.55 bits per heavy atom. The van der Waals surface area contributed by atoms with Crippen LogP contribution in [0.3, 0.4) is 0 Å². The van der Waals surface area contributed by atoms with Crippen LogP contribution in [0.15, 0.2) is 18.2 Å². The van der Waals surface area contributed by atoms with Crippen LogP contribution in [0.1, 0.15) is 5.56 Å². The molecule has 2 N–H and O–H groups in total. The van der Waals surface area contributed by atoms with Crippen LogP contribution in [0.4, 0.5) is 0 Å². The normalized spacial score (nSPS) is 11.5. The van der Waals surface area contributed by atoms with Gasteiger partial charge in [0.05, 0.1) is 0 Å². The molecule has 0 aliphatic carbocycles. The Hall–Kier alpha value is -0.502. The Morgan fingerprint density at radius 2 is 2.18 bits per heavy atom. The number of benzene rings is 1. The van der Waals surface area contributed by atoms with Gasteiger partial charge in [-0.25, -0.2) is 0 Å². The average molecular weight is 215 g/mol. The fourth-order valence-electron chi connectivity index (χ4n) is 0.732. The predicted octanol–water partition coefficient (Wildman–Crippen LogP) is -0.644. The first-order valence-corrected chi connectivity index (χ1v) is 6.43. The van der Waals surface area contributed by atoms with E-state index in [9.17, 15) is 3.74 Å². The van der Waals surface area contributed by atoms with Crippen LogP contribution >= 0.6 is 0 Å². The van der Waals surface area contributed by atoms with E-state index >= 15 is 0 Å². The molecular weight excluding hydrogens is 207 g/mol. The average Bonchev–Trinajstić information content (AvgIpc) is 1.86. The van der Waals surface area contributed by atoms with Gasteiger partial charge >= 0.3 is 67.2 Å². The van der Waals surface area contributed by atoms with Gasteiger partial charge < -0.3 is 0 Å². The number of aryl methyl sites for hydroxylation is 1. The van der Waals surface area contributed by atoms with Gasteiger partial charge in [-0.15, -0.1) is 0 Å². The third kappa shape index (κ3) is 2.22. The van der Waals surface area contributed by atoms with Crippen LogP contribution in [-0.4, -0.2) is 22.4 Å². The summed E-state index contributed by atoms with van der Waals surface area (Å²) in [5, 5.41) is 0. The van der Waals surface area contributed by atoms with E-state index in [1.54, 1.807) is 13.0 Å². The van der Waals surface area contributed by atoms with E-state index in [2.05, 4.69) is 6.07 Å². The third-order valence-electron chi connectivity index (χ3n) is 1.26. The van der Waals surface area contributed by atoms with Gasteiger partial charge in [0, 0.05) is 0 Å². The zero-order chi connectivity index (χ0) is 8.48. The van der Waals surface area contributed by atoms with Crippen molar-refractivity contribution in [2.45, 2.75) is 6.92 Å². The number of rotatable bonds is 1. The summed E-state index contributed by atoms with van der Waals surface area (Å²) >= 11 is -4.69. The number of hydrogen-bond donors (Lipinski definition) is 2. The van der Waals surface area contributed by atoms with Crippen molar-refractivity contribution in [1.82, 2.24) is 0 Å². The molecule has 11 heavy (non-hydrogen) atoms. The van der Waals surface area contributed by atoms with E-state index in [4.69, 9.17) is 8.19 Å². The molecule has 1 aromatic rings. The fraction of sp³-hybridized carbons (Fsp3) is 0.143. The molecule has 0 fully saturated rings. The van der Waals surface area contributed by atoms with E-state index in [0.717, 1.165) is 5.56 Å². The van der Waals surface area contributed by atoms with Gasteiger partial charge in [-0.1, -0.05) is 0 Å². The SMILES string of the molecule is Cc1cc[c]c([As](=O)(O)O)c1. The second-order valence-electron chi connectivity index (χ2n) is 2.30. The van der Waals surface area contributed by atoms with Gasteiger partial charge in [0.1, 0.15) is 0 Å². The maximum atomic E-state index is 10.7. The van der Waals surface area contributed by atoms with Crippen LogP contribution in [0.25, 0.3) is 0 Å². The third-order valence-corrected chi connectivity index (χ3v) is 3.11. The van der Waals surface area contributed by atoms with E-state index in [1.807, 2.05) is 0 Å². The summed E-state index contributed by atoms with van der Waals surface area (Å²) in [6.07, 6.45) is 0. The molecular formula is C7H8AsO3. The Kier molecular flexibility index (Phi) is 2.23. The molecule has 1 rings (SSSR count). The Bertz CT molecular complexity index is 302. The quantitative estimate of drug-likeness (QED) is 0.612. The second-order valence-corrected chi connectivity index (χ2v) is 5.59. The summed E-state index contributed by atoms with van der Waals surface area (Å²) in [5.74, 6) is 0. The van der Waals surface area contributed by atoms with Crippen molar-refractivity contribution in [1.29, 1.82) is 0 Å². The molecule has 1 aromatic carbocycles. The van der Waals surface area contributed by atoms with Crippen molar-refractivity contribution < 1.29 is 11.9 Å². The molecule has 3 nitrogen and oxygen atoms in total. The summed E-state index contributed by atoms with van der Waals surface area (Å²) in [4.78, 5) is 0. The molecule has 4 heteroatoms. The van der Waals surface area contributed by atoms with Crippen molar-refractivity contribution in [2.24, 2.45) is 0 Å². The second kappa shape index (κ2) is 2.86. The molecule has 1 radical (unpaired) electrons. The first kappa shape index (κ1) is 8.59. The molecule has 0 spiro atoms. The van der Waals surface area contributed by atoms with Gasteiger partial charge in [0.2, 0.25) is 0 Å². The molecule has 0 aliphatic rings. The fourth-order valence-corrected chi connectivity index (χ4v) is 2.02. The summed E-state index contributed by atoms with van der Waals surface area (Å²) < 4.78 is 28.2. The summed E-state index contributed by atoms with van der Waals surface area (Å²) in [7, 11) is 0. The Balaban J connectivity index is 3.17. The van der Waals surface area contributed by atoms with Gasteiger partial charge in [-0.2, -0.15) is 0 Å². The summed E-state index contributed by atoms with van der Waals surface area (Å²) in [5.41, 5.74) is 0.837. The van der Waals surface area contributed by atoms with Crippen molar-refractivity contribution in [3.05, 3.63) is 29.8 Å². The standard InChI is InChI=1S/C7H8AsO3/c1-6-3-2-4-7(5-6)8(9,10)11/h2-3,5H,1H3,(H2,9,10,11). The van der Waals surface area contributed by atoms with Crippen LogP contribution in [0.2, 0.25) is 0 Å². The van der Waals surface area contributed by atoms with Crippen molar-refractivity contribution >= 4 is 18.5 Å². The van der Waals surface area contributed by atoms with Gasteiger partial charge in [-0.3, -0.25) is 0 Å². The van der Waals surface area contributed by atoms with Crippen molar-refractivity contribution in [3.63, 3.8) is 0 Å². The summed E-state index contributed by atoms with van der Waals surface area (Å²) in [6, 6.07) is 7.24. The van der Waals surface area contributed by atoms with E-state index in [1.165, 1.54) is 12.1 Å². The Morgan fingerprint density at radius 3 is 2.55 bits per heavy atom. The molecule has 0 saturated carbocycles. The van der Waals surface area contributed by atoms with E-state index in [0.29, 0.717) is 0 Å². The molecule has 0 atom stereocenters. The van der Waals surface area contributed by atoms with E-state index in [-0.39, 0.29) is 4.35 Å². The van der Waals surface area contributed by atoms with Crippen molar-refractivity contribution in [3.8, 4) is 0 Å². The zero-order valence-electron chi connectivity index (χ0n) is 5.98. The zero-order valence-corrected chi connectivity index (χ0v) is 7.86. The monoisotopic (exact) mass is 215 g/mol. The van der Waals surface area contributed by atoms with Crippen LogP contribution in [-0.2, 0) is 3.74 Å². The molecule has 0 aromatic heterocycles. The molecule has 0 saturated heterocycles. The van der Waals surface area contributed by atoms with Gasteiger partial charge in [-0.05, 0) is 0 Å². The topological polar surface area (TPSA) is 57.5 Å². The Labute approximate surface area is 67.7 Å². The first-order valence-electron chi connectivity index (χ1n) is 3.04. The maximum absolute atomic E-state index is 10.7. The minimum atomic E-state index is -4.69. The molecule has 0 amide bonds. The van der Waals surface area contributed by atoms with Crippen LogP contribution < -0.4 is 4.35 Å². The van der Waals surface area contributed by atoms with Gasteiger partial charge in [0.25, 0.3) is 0 Å². The van der Waals surface area contributed by atoms with E-state index < -0.39 is 14.2 Å². The molecule has 59 valence electrons.